The zero-order chi connectivity index (χ0) is 16.0. The summed E-state index contributed by atoms with van der Waals surface area (Å²) in [4.78, 5) is 11.6. The van der Waals surface area contributed by atoms with Gasteiger partial charge in [-0.1, -0.05) is 12.1 Å². The first-order valence-corrected chi connectivity index (χ1v) is 8.40. The predicted molar refractivity (Wildman–Crippen MR) is 82.1 cm³/mol. The van der Waals surface area contributed by atoms with Crippen LogP contribution in [0.1, 0.15) is 38.8 Å². The van der Waals surface area contributed by atoms with E-state index in [0.717, 1.165) is 5.56 Å². The van der Waals surface area contributed by atoms with Gasteiger partial charge in [0, 0.05) is 25.0 Å². The van der Waals surface area contributed by atoms with E-state index in [1.807, 2.05) is 20.8 Å². The van der Waals surface area contributed by atoms with Crippen LogP contribution in [-0.2, 0) is 14.8 Å². The second-order valence-corrected chi connectivity index (χ2v) is 6.82. The smallest absolute Gasteiger partial charge is 0.238 e. The Hall–Kier alpha value is -1.44. The van der Waals surface area contributed by atoms with Crippen molar-refractivity contribution in [2.75, 3.05) is 6.54 Å². The van der Waals surface area contributed by atoms with Crippen molar-refractivity contribution in [2.45, 2.75) is 44.2 Å². The number of nitrogens with two attached hydrogens (primary N) is 1. The van der Waals surface area contributed by atoms with E-state index in [4.69, 9.17) is 5.14 Å². The number of sulfonamides is 1. The molecule has 0 radical (unpaired) electrons. The van der Waals surface area contributed by atoms with E-state index < -0.39 is 10.0 Å². The van der Waals surface area contributed by atoms with E-state index in [1.54, 1.807) is 12.1 Å². The molecule has 0 aromatic heterocycles. The lowest BCUT2D eigenvalue weighted by atomic mass is 10.1. The van der Waals surface area contributed by atoms with E-state index in [9.17, 15) is 13.2 Å². The van der Waals surface area contributed by atoms with Gasteiger partial charge in [0.05, 0.1) is 4.90 Å². The highest BCUT2D eigenvalue weighted by Gasteiger charge is 2.10. The van der Waals surface area contributed by atoms with Crippen LogP contribution in [0, 0.1) is 0 Å². The fourth-order valence-corrected chi connectivity index (χ4v) is 2.38. The van der Waals surface area contributed by atoms with Crippen LogP contribution < -0.4 is 15.8 Å². The van der Waals surface area contributed by atoms with Gasteiger partial charge in [0.2, 0.25) is 15.9 Å². The molecule has 1 unspecified atom stereocenters. The fourth-order valence-electron chi connectivity index (χ4n) is 1.86. The first kappa shape index (κ1) is 17.6. The summed E-state index contributed by atoms with van der Waals surface area (Å²) < 4.78 is 22.3. The molecule has 1 atom stereocenters. The second-order valence-electron chi connectivity index (χ2n) is 5.26. The molecule has 0 spiro atoms. The summed E-state index contributed by atoms with van der Waals surface area (Å²) in [6.07, 6.45) is 0.401. The third-order valence-corrected chi connectivity index (χ3v) is 3.89. The Morgan fingerprint density at radius 2 is 1.76 bits per heavy atom. The van der Waals surface area contributed by atoms with Gasteiger partial charge in [-0.25, -0.2) is 13.6 Å². The zero-order valence-corrected chi connectivity index (χ0v) is 13.4. The second kappa shape index (κ2) is 7.53. The minimum atomic E-state index is -3.66. The molecule has 0 aliphatic rings. The van der Waals surface area contributed by atoms with Gasteiger partial charge in [0.15, 0.2) is 0 Å². The maximum absolute atomic E-state index is 11.5. The van der Waals surface area contributed by atoms with Crippen molar-refractivity contribution in [3.8, 4) is 0 Å². The minimum Gasteiger partial charge on any atom is -0.354 e. The molecule has 6 nitrogen and oxygen atoms in total. The van der Waals surface area contributed by atoms with E-state index in [-0.39, 0.29) is 22.9 Å². The lowest BCUT2D eigenvalue weighted by molar-refractivity contribution is -0.121. The normalized spacial score (nSPS) is 13.2. The van der Waals surface area contributed by atoms with E-state index in [0.29, 0.717) is 13.0 Å². The lowest BCUT2D eigenvalue weighted by Crippen LogP contribution is -2.33. The SMILES string of the molecule is CC(C)NC(=O)CCNC(C)c1ccc(S(N)(=O)=O)cc1. The molecule has 4 N–H and O–H groups in total. The Bertz CT molecular complexity index is 568. The van der Waals surface area contributed by atoms with Gasteiger partial charge in [-0.15, -0.1) is 0 Å². The molecule has 0 saturated heterocycles. The first-order chi connectivity index (χ1) is 9.70. The number of nitrogens with one attached hydrogen (secondary N) is 2. The van der Waals surface area contributed by atoms with Gasteiger partial charge in [-0.05, 0) is 38.5 Å². The van der Waals surface area contributed by atoms with Crippen LogP contribution in [0.25, 0.3) is 0 Å². The third kappa shape index (κ3) is 6.24. The number of carbonyl (C=O) groups is 1. The number of rotatable bonds is 7. The molecule has 1 aromatic carbocycles. The van der Waals surface area contributed by atoms with Gasteiger partial charge in [-0.3, -0.25) is 4.79 Å². The molecular weight excluding hydrogens is 290 g/mol. The van der Waals surface area contributed by atoms with Gasteiger partial charge in [-0.2, -0.15) is 0 Å². The molecule has 0 saturated carbocycles. The molecule has 1 aromatic rings. The van der Waals surface area contributed by atoms with Crippen LogP contribution in [0.5, 0.6) is 0 Å². The van der Waals surface area contributed by atoms with Crippen molar-refractivity contribution >= 4 is 15.9 Å². The molecule has 118 valence electrons. The van der Waals surface area contributed by atoms with Crippen molar-refractivity contribution in [1.29, 1.82) is 0 Å². The zero-order valence-electron chi connectivity index (χ0n) is 12.6. The Morgan fingerprint density at radius 1 is 1.19 bits per heavy atom. The highest BCUT2D eigenvalue weighted by molar-refractivity contribution is 7.89. The van der Waals surface area contributed by atoms with E-state index in [2.05, 4.69) is 10.6 Å². The summed E-state index contributed by atoms with van der Waals surface area (Å²) >= 11 is 0. The molecule has 1 rings (SSSR count). The van der Waals surface area contributed by atoms with Crippen molar-refractivity contribution < 1.29 is 13.2 Å². The van der Waals surface area contributed by atoms with Crippen molar-refractivity contribution in [3.05, 3.63) is 29.8 Å². The Kier molecular flexibility index (Phi) is 6.32. The monoisotopic (exact) mass is 313 g/mol. The highest BCUT2D eigenvalue weighted by atomic mass is 32.2. The summed E-state index contributed by atoms with van der Waals surface area (Å²) in [5, 5.41) is 11.1. The number of primary sulfonamides is 1. The molecule has 7 heteroatoms. The van der Waals surface area contributed by atoms with Crippen molar-refractivity contribution in [2.24, 2.45) is 5.14 Å². The number of amides is 1. The Morgan fingerprint density at radius 3 is 2.24 bits per heavy atom. The largest absolute Gasteiger partial charge is 0.354 e. The summed E-state index contributed by atoms with van der Waals surface area (Å²) in [6.45, 7) is 6.34. The van der Waals surface area contributed by atoms with Crippen molar-refractivity contribution in [1.82, 2.24) is 10.6 Å². The van der Waals surface area contributed by atoms with Crippen LogP contribution in [0.15, 0.2) is 29.2 Å². The number of benzene rings is 1. The number of hydrogen-bond acceptors (Lipinski definition) is 4. The molecule has 21 heavy (non-hydrogen) atoms. The topological polar surface area (TPSA) is 101 Å². The van der Waals surface area contributed by atoms with Crippen LogP contribution in [0.3, 0.4) is 0 Å². The predicted octanol–water partition coefficient (Wildman–Crippen LogP) is 0.899. The van der Waals surface area contributed by atoms with Gasteiger partial charge in [0.1, 0.15) is 0 Å². The number of carbonyl (C=O) groups excluding carboxylic acids is 1. The lowest BCUT2D eigenvalue weighted by Gasteiger charge is -2.15. The molecule has 0 bridgehead atoms. The average molecular weight is 313 g/mol. The van der Waals surface area contributed by atoms with Crippen molar-refractivity contribution in [3.63, 3.8) is 0 Å². The molecule has 0 fully saturated rings. The highest BCUT2D eigenvalue weighted by Crippen LogP contribution is 2.15. The summed E-state index contributed by atoms with van der Waals surface area (Å²) in [7, 11) is -3.66. The first-order valence-electron chi connectivity index (χ1n) is 6.85. The third-order valence-electron chi connectivity index (χ3n) is 2.96. The van der Waals surface area contributed by atoms with Gasteiger partial charge >= 0.3 is 0 Å². The molecule has 0 aliphatic heterocycles. The average Bonchev–Trinajstić information content (AvgIpc) is 2.36. The minimum absolute atomic E-state index is 0.00859. The Labute approximate surface area is 126 Å². The van der Waals surface area contributed by atoms with Crippen LogP contribution in [-0.4, -0.2) is 26.9 Å². The molecular formula is C14H23N3O3S. The number of hydrogen-bond donors (Lipinski definition) is 3. The fraction of sp³-hybridized carbons (Fsp3) is 0.500. The standard InChI is InChI=1S/C14H23N3O3S/c1-10(2)17-14(18)8-9-16-11(3)12-4-6-13(7-5-12)21(15,19)20/h4-7,10-11,16H,8-9H2,1-3H3,(H,17,18)(H2,15,19,20). The Balaban J connectivity index is 2.49. The van der Waals surface area contributed by atoms with E-state index >= 15 is 0 Å². The maximum atomic E-state index is 11.5. The summed E-state index contributed by atoms with van der Waals surface area (Å²) in [6, 6.07) is 6.55. The summed E-state index contributed by atoms with van der Waals surface area (Å²) in [5.74, 6) is 0.00859. The van der Waals surface area contributed by atoms with Crippen LogP contribution in [0.2, 0.25) is 0 Å². The quantitative estimate of drug-likeness (QED) is 0.696. The maximum Gasteiger partial charge on any atom is 0.238 e. The molecule has 0 heterocycles. The summed E-state index contributed by atoms with van der Waals surface area (Å²) in [5.41, 5.74) is 0.937. The molecule has 1 amide bonds. The van der Waals surface area contributed by atoms with Crippen LogP contribution in [0.4, 0.5) is 0 Å². The van der Waals surface area contributed by atoms with Gasteiger partial charge < -0.3 is 10.6 Å². The van der Waals surface area contributed by atoms with E-state index in [1.165, 1.54) is 12.1 Å². The van der Waals surface area contributed by atoms with Gasteiger partial charge in [0.25, 0.3) is 0 Å². The van der Waals surface area contributed by atoms with Crippen LogP contribution >= 0.6 is 0 Å². The molecule has 0 aliphatic carbocycles.